The zero-order chi connectivity index (χ0) is 23.3. The first-order valence-corrected chi connectivity index (χ1v) is 12.5. The van der Waals surface area contributed by atoms with Crippen LogP contribution >= 0.6 is 11.6 Å². The van der Waals surface area contributed by atoms with Gasteiger partial charge in [-0.05, 0) is 61.6 Å². The summed E-state index contributed by atoms with van der Waals surface area (Å²) in [5.41, 5.74) is 3.10. The molecule has 0 fully saturated rings. The lowest BCUT2D eigenvalue weighted by molar-refractivity contribution is -0.123. The Morgan fingerprint density at radius 3 is 2.26 bits per heavy atom. The van der Waals surface area contributed by atoms with Gasteiger partial charge in [0.25, 0.3) is 0 Å². The number of rotatable bonds is 9. The van der Waals surface area contributed by atoms with Crippen molar-refractivity contribution in [2.24, 2.45) is 0 Å². The van der Waals surface area contributed by atoms with Crippen molar-refractivity contribution >= 4 is 33.2 Å². The number of anilines is 1. The highest BCUT2D eigenvalue weighted by Crippen LogP contribution is 2.29. The number of carbonyl (C=O) groups is 1. The van der Waals surface area contributed by atoms with Crippen molar-refractivity contribution in [1.29, 1.82) is 0 Å². The van der Waals surface area contributed by atoms with E-state index in [1.54, 1.807) is 32.2 Å². The molecular weight excluding hydrogens is 436 g/mol. The van der Waals surface area contributed by atoms with Gasteiger partial charge in [0, 0.05) is 5.02 Å². The van der Waals surface area contributed by atoms with Gasteiger partial charge in [0.05, 0.1) is 25.1 Å². The fraction of sp³-hybridized carbons (Fsp3) is 0.435. The number of carbonyl (C=O) groups excluding carboxylic acids is 1. The number of hydrogen-bond acceptors (Lipinski definition) is 4. The van der Waals surface area contributed by atoms with Gasteiger partial charge in [-0.2, -0.15) is 0 Å². The van der Waals surface area contributed by atoms with Crippen molar-refractivity contribution in [2.45, 2.75) is 52.6 Å². The third-order valence-electron chi connectivity index (χ3n) is 5.29. The van der Waals surface area contributed by atoms with Crippen LogP contribution in [0.25, 0.3) is 0 Å². The zero-order valence-corrected chi connectivity index (χ0v) is 20.5. The molecule has 1 N–H and O–H groups in total. The summed E-state index contributed by atoms with van der Waals surface area (Å²) < 4.78 is 31.8. The summed E-state index contributed by atoms with van der Waals surface area (Å²) in [5, 5.41) is 3.47. The number of halogens is 1. The summed E-state index contributed by atoms with van der Waals surface area (Å²) in [5.74, 6) is 0.417. The maximum absolute atomic E-state index is 13.3. The molecule has 0 aliphatic carbocycles. The van der Waals surface area contributed by atoms with Gasteiger partial charge < -0.3 is 10.1 Å². The van der Waals surface area contributed by atoms with Gasteiger partial charge >= 0.3 is 0 Å². The predicted octanol–water partition coefficient (Wildman–Crippen LogP) is 4.78. The van der Waals surface area contributed by atoms with Gasteiger partial charge in [-0.3, -0.25) is 9.10 Å². The van der Waals surface area contributed by atoms with E-state index in [1.807, 2.05) is 39.0 Å². The summed E-state index contributed by atoms with van der Waals surface area (Å²) in [6.07, 6.45) is 2.06. The fourth-order valence-corrected chi connectivity index (χ4v) is 4.96. The van der Waals surface area contributed by atoms with Crippen molar-refractivity contribution in [1.82, 2.24) is 5.32 Å². The lowest BCUT2D eigenvalue weighted by Crippen LogP contribution is -2.50. The first-order chi connectivity index (χ1) is 14.5. The maximum atomic E-state index is 13.3. The normalized spacial score (nSPS) is 13.4. The molecule has 1 amide bonds. The number of amides is 1. The quantitative estimate of drug-likeness (QED) is 0.577. The second-order valence-corrected chi connectivity index (χ2v) is 9.88. The average Bonchev–Trinajstić information content (AvgIpc) is 2.71. The van der Waals surface area contributed by atoms with E-state index in [0.717, 1.165) is 33.0 Å². The molecule has 0 spiro atoms. The van der Waals surface area contributed by atoms with Crippen LogP contribution in [0.3, 0.4) is 0 Å². The molecule has 2 rings (SSSR count). The van der Waals surface area contributed by atoms with E-state index in [0.29, 0.717) is 23.6 Å². The number of aryl methyl sites for hydroxylation is 2. The van der Waals surface area contributed by atoms with Crippen molar-refractivity contribution < 1.29 is 17.9 Å². The smallest absolute Gasteiger partial charge is 0.244 e. The minimum absolute atomic E-state index is 0.255. The Balaban J connectivity index is 2.38. The first-order valence-electron chi connectivity index (χ1n) is 10.2. The maximum Gasteiger partial charge on any atom is 0.244 e. The lowest BCUT2D eigenvalue weighted by Gasteiger charge is -2.31. The van der Waals surface area contributed by atoms with Crippen LogP contribution in [0.5, 0.6) is 5.75 Å². The SMILES string of the molecule is CC[C@H](NC(=O)[C@@H](CC)N(c1ccc(C)c(Cl)c1)S(C)(=O)=O)c1ccc(OC)c(C)c1. The third-order valence-corrected chi connectivity index (χ3v) is 6.87. The molecule has 2 atom stereocenters. The lowest BCUT2D eigenvalue weighted by atomic mass is 10.0. The molecule has 31 heavy (non-hydrogen) atoms. The summed E-state index contributed by atoms with van der Waals surface area (Å²) in [6, 6.07) is 9.60. The van der Waals surface area contributed by atoms with Crippen LogP contribution in [-0.4, -0.2) is 33.7 Å². The molecule has 0 aromatic heterocycles. The predicted molar refractivity (Wildman–Crippen MR) is 126 cm³/mol. The monoisotopic (exact) mass is 466 g/mol. The molecule has 0 bridgehead atoms. The Morgan fingerprint density at radius 2 is 1.77 bits per heavy atom. The number of nitrogens with one attached hydrogen (secondary N) is 1. The Bertz CT molecular complexity index is 1040. The molecule has 0 radical (unpaired) electrons. The number of sulfonamides is 1. The molecule has 2 aromatic rings. The van der Waals surface area contributed by atoms with Crippen molar-refractivity contribution in [3.63, 3.8) is 0 Å². The zero-order valence-electron chi connectivity index (χ0n) is 18.9. The molecule has 0 aliphatic heterocycles. The molecular formula is C23H31ClN2O4S. The van der Waals surface area contributed by atoms with Gasteiger partial charge in [-0.15, -0.1) is 0 Å². The Morgan fingerprint density at radius 1 is 1.10 bits per heavy atom. The van der Waals surface area contributed by atoms with Crippen molar-refractivity contribution in [3.8, 4) is 5.75 Å². The molecule has 0 unspecified atom stereocenters. The van der Waals surface area contributed by atoms with Crippen LogP contribution in [-0.2, 0) is 14.8 Å². The molecule has 8 heteroatoms. The van der Waals surface area contributed by atoms with E-state index in [1.165, 1.54) is 0 Å². The minimum atomic E-state index is -3.73. The largest absolute Gasteiger partial charge is 0.496 e. The summed E-state index contributed by atoms with van der Waals surface area (Å²) in [4.78, 5) is 13.3. The minimum Gasteiger partial charge on any atom is -0.496 e. The Hall–Kier alpha value is -2.25. The number of methoxy groups -OCH3 is 1. The second kappa shape index (κ2) is 10.4. The van der Waals surface area contributed by atoms with Gasteiger partial charge in [-0.25, -0.2) is 8.42 Å². The summed E-state index contributed by atoms with van der Waals surface area (Å²) in [6.45, 7) is 7.54. The van der Waals surface area contributed by atoms with Crippen LogP contribution in [0, 0.1) is 13.8 Å². The van der Waals surface area contributed by atoms with E-state index >= 15 is 0 Å². The summed E-state index contributed by atoms with van der Waals surface area (Å²) in [7, 11) is -2.11. The molecule has 0 heterocycles. The van der Waals surface area contributed by atoms with Crippen LogP contribution in [0.15, 0.2) is 36.4 Å². The van der Waals surface area contributed by atoms with Gasteiger partial charge in [0.15, 0.2) is 0 Å². The average molecular weight is 467 g/mol. The highest BCUT2D eigenvalue weighted by molar-refractivity contribution is 7.92. The Kier molecular flexibility index (Phi) is 8.37. The molecule has 2 aromatic carbocycles. The molecule has 6 nitrogen and oxygen atoms in total. The van der Waals surface area contributed by atoms with Gasteiger partial charge in [0.1, 0.15) is 11.8 Å². The van der Waals surface area contributed by atoms with E-state index in [-0.39, 0.29) is 11.9 Å². The summed E-state index contributed by atoms with van der Waals surface area (Å²) >= 11 is 6.23. The highest BCUT2D eigenvalue weighted by atomic mass is 35.5. The number of ether oxygens (including phenoxy) is 1. The number of benzene rings is 2. The molecule has 170 valence electrons. The first kappa shape index (κ1) is 25.0. The number of hydrogen-bond donors (Lipinski definition) is 1. The van der Waals surface area contributed by atoms with Gasteiger partial charge in [0.2, 0.25) is 15.9 Å². The van der Waals surface area contributed by atoms with Crippen LogP contribution in [0.4, 0.5) is 5.69 Å². The van der Waals surface area contributed by atoms with E-state index < -0.39 is 16.1 Å². The van der Waals surface area contributed by atoms with Gasteiger partial charge in [-0.1, -0.05) is 43.6 Å². The molecule has 0 saturated carbocycles. The van der Waals surface area contributed by atoms with Crippen molar-refractivity contribution in [3.05, 3.63) is 58.1 Å². The topological polar surface area (TPSA) is 75.7 Å². The second-order valence-electron chi connectivity index (χ2n) is 7.61. The number of nitrogens with zero attached hydrogens (tertiary/aromatic N) is 1. The van der Waals surface area contributed by atoms with E-state index in [4.69, 9.17) is 16.3 Å². The van der Waals surface area contributed by atoms with Crippen molar-refractivity contribution in [2.75, 3.05) is 17.7 Å². The van der Waals surface area contributed by atoms with E-state index in [2.05, 4.69) is 5.32 Å². The van der Waals surface area contributed by atoms with E-state index in [9.17, 15) is 13.2 Å². The third kappa shape index (κ3) is 5.92. The van der Waals surface area contributed by atoms with Crippen LogP contribution in [0.2, 0.25) is 5.02 Å². The fourth-order valence-electron chi connectivity index (χ4n) is 3.59. The Labute approximate surface area is 190 Å². The highest BCUT2D eigenvalue weighted by Gasteiger charge is 2.32. The van der Waals surface area contributed by atoms with Crippen LogP contribution < -0.4 is 14.4 Å². The standard InChI is InChI=1S/C23H31ClN2O4S/c1-7-20(17-10-12-22(30-5)16(4)13-17)25-23(27)21(8-2)26(31(6,28)29)18-11-9-15(3)19(24)14-18/h9-14,20-21H,7-8H2,1-6H3,(H,25,27)/t20-,21+/m0/s1. The molecule has 0 aliphatic rings. The molecule has 0 saturated heterocycles. The van der Waals surface area contributed by atoms with Crippen LogP contribution in [0.1, 0.15) is 49.4 Å².